The molecule has 1 aromatic carbocycles. The van der Waals surface area contributed by atoms with E-state index in [4.69, 9.17) is 9.84 Å². The molecule has 0 saturated carbocycles. The molecule has 1 atom stereocenters. The van der Waals surface area contributed by atoms with Gasteiger partial charge in [0, 0.05) is 36.9 Å². The van der Waals surface area contributed by atoms with Gasteiger partial charge in [0.05, 0.1) is 19.6 Å². The zero-order valence-electron chi connectivity index (χ0n) is 11.7. The number of hydrogen-bond donors (Lipinski definition) is 1. The fraction of sp³-hybridized carbons (Fsp3) is 0.375. The third-order valence-electron chi connectivity index (χ3n) is 3.88. The van der Waals surface area contributed by atoms with Crippen LogP contribution in [-0.2, 0) is 16.1 Å². The van der Waals surface area contributed by atoms with Gasteiger partial charge in [-0.1, -0.05) is 24.3 Å². The first-order valence-electron chi connectivity index (χ1n) is 7.09. The van der Waals surface area contributed by atoms with E-state index in [1.165, 1.54) is 5.39 Å². The van der Waals surface area contributed by atoms with Crippen LogP contribution in [0.25, 0.3) is 10.8 Å². The van der Waals surface area contributed by atoms with Crippen molar-refractivity contribution in [2.75, 3.05) is 19.8 Å². The Hall–Kier alpha value is -1.98. The molecule has 0 radical (unpaired) electrons. The number of fused-ring (bicyclic) bond motifs is 1. The number of aliphatic carboxylic acids is 1. The number of rotatable bonds is 4. The minimum atomic E-state index is -0.786. The highest BCUT2D eigenvalue weighted by Crippen LogP contribution is 2.21. The van der Waals surface area contributed by atoms with Crippen LogP contribution >= 0.6 is 0 Å². The van der Waals surface area contributed by atoms with Gasteiger partial charge in [-0.2, -0.15) is 0 Å². The molecular formula is C16H18N2O3. The van der Waals surface area contributed by atoms with Crippen LogP contribution in [0.3, 0.4) is 0 Å². The van der Waals surface area contributed by atoms with Crippen LogP contribution in [0.4, 0.5) is 0 Å². The second kappa shape index (κ2) is 6.20. The van der Waals surface area contributed by atoms with Gasteiger partial charge in [0.2, 0.25) is 0 Å². The molecule has 1 aromatic heterocycles. The Labute approximate surface area is 123 Å². The first-order valence-corrected chi connectivity index (χ1v) is 7.09. The summed E-state index contributed by atoms with van der Waals surface area (Å²) >= 11 is 0. The number of nitrogens with zero attached hydrogens (tertiary/aromatic N) is 2. The maximum Gasteiger partial charge on any atom is 0.305 e. The Bertz CT molecular complexity index is 639. The number of benzene rings is 1. The monoisotopic (exact) mass is 286 g/mol. The van der Waals surface area contributed by atoms with Crippen LogP contribution < -0.4 is 0 Å². The smallest absolute Gasteiger partial charge is 0.305 e. The van der Waals surface area contributed by atoms with Crippen molar-refractivity contribution in [1.82, 2.24) is 9.88 Å². The van der Waals surface area contributed by atoms with Gasteiger partial charge in [-0.3, -0.25) is 14.7 Å². The van der Waals surface area contributed by atoms with E-state index in [-0.39, 0.29) is 12.5 Å². The first-order chi connectivity index (χ1) is 10.2. The Kier molecular flexibility index (Phi) is 4.13. The quantitative estimate of drug-likeness (QED) is 0.930. The maximum atomic E-state index is 11.0. The summed E-state index contributed by atoms with van der Waals surface area (Å²) in [4.78, 5) is 17.5. The van der Waals surface area contributed by atoms with Gasteiger partial charge >= 0.3 is 5.97 Å². The van der Waals surface area contributed by atoms with E-state index < -0.39 is 5.97 Å². The van der Waals surface area contributed by atoms with Crippen molar-refractivity contribution in [1.29, 1.82) is 0 Å². The van der Waals surface area contributed by atoms with E-state index in [9.17, 15) is 4.79 Å². The molecule has 1 N–H and O–H groups in total. The highest BCUT2D eigenvalue weighted by Gasteiger charge is 2.25. The van der Waals surface area contributed by atoms with E-state index >= 15 is 0 Å². The van der Waals surface area contributed by atoms with Crippen molar-refractivity contribution in [3.8, 4) is 0 Å². The molecule has 0 aliphatic carbocycles. The van der Waals surface area contributed by atoms with Gasteiger partial charge < -0.3 is 9.84 Å². The topological polar surface area (TPSA) is 62.7 Å². The van der Waals surface area contributed by atoms with Crippen LogP contribution in [-0.4, -0.2) is 46.8 Å². The SMILES string of the molecule is O=C(O)CC1COCCN1Cc1cncc2ccccc12. The van der Waals surface area contributed by atoms with Crippen molar-refractivity contribution < 1.29 is 14.6 Å². The summed E-state index contributed by atoms with van der Waals surface area (Å²) in [7, 11) is 0. The summed E-state index contributed by atoms with van der Waals surface area (Å²) in [6.45, 7) is 2.58. The van der Waals surface area contributed by atoms with Gasteiger partial charge in [0.15, 0.2) is 0 Å². The van der Waals surface area contributed by atoms with Crippen molar-refractivity contribution >= 4 is 16.7 Å². The minimum Gasteiger partial charge on any atom is -0.481 e. The number of carbonyl (C=O) groups is 1. The van der Waals surface area contributed by atoms with Gasteiger partial charge in [-0.05, 0) is 10.9 Å². The molecule has 21 heavy (non-hydrogen) atoms. The predicted octanol–water partition coefficient (Wildman–Crippen LogP) is 1.91. The molecule has 1 unspecified atom stereocenters. The lowest BCUT2D eigenvalue weighted by molar-refractivity contribution is -0.140. The van der Waals surface area contributed by atoms with Crippen molar-refractivity contribution in [2.24, 2.45) is 0 Å². The number of ether oxygens (including phenoxy) is 1. The fourth-order valence-electron chi connectivity index (χ4n) is 2.81. The van der Waals surface area contributed by atoms with E-state index in [1.807, 2.05) is 30.6 Å². The normalized spacial score (nSPS) is 19.7. The molecule has 2 heterocycles. The summed E-state index contributed by atoms with van der Waals surface area (Å²) in [6.07, 6.45) is 3.83. The average Bonchev–Trinajstić information content (AvgIpc) is 2.49. The minimum absolute atomic E-state index is 0.0739. The summed E-state index contributed by atoms with van der Waals surface area (Å²) < 4.78 is 5.42. The molecule has 110 valence electrons. The molecule has 3 rings (SSSR count). The molecule has 5 nitrogen and oxygen atoms in total. The zero-order valence-corrected chi connectivity index (χ0v) is 11.7. The highest BCUT2D eigenvalue weighted by molar-refractivity contribution is 5.84. The molecular weight excluding hydrogens is 268 g/mol. The standard InChI is InChI=1S/C16H18N2O3/c19-16(20)7-14-11-21-6-5-18(14)10-13-9-17-8-12-3-1-2-4-15(12)13/h1-4,8-9,14H,5-7,10-11H2,(H,19,20). The Morgan fingerprint density at radius 2 is 2.24 bits per heavy atom. The van der Waals surface area contributed by atoms with Crippen LogP contribution in [0.5, 0.6) is 0 Å². The molecule has 1 saturated heterocycles. The fourth-order valence-corrected chi connectivity index (χ4v) is 2.81. The van der Waals surface area contributed by atoms with Gasteiger partial charge in [0.25, 0.3) is 0 Å². The van der Waals surface area contributed by atoms with E-state index in [2.05, 4.69) is 16.0 Å². The lowest BCUT2D eigenvalue weighted by atomic mass is 10.1. The van der Waals surface area contributed by atoms with Crippen molar-refractivity contribution in [3.05, 3.63) is 42.2 Å². The Morgan fingerprint density at radius 3 is 3.10 bits per heavy atom. The third-order valence-corrected chi connectivity index (χ3v) is 3.88. The number of hydrogen-bond acceptors (Lipinski definition) is 4. The summed E-state index contributed by atoms with van der Waals surface area (Å²) in [5.74, 6) is -0.786. The van der Waals surface area contributed by atoms with Gasteiger partial charge in [0.1, 0.15) is 0 Å². The van der Waals surface area contributed by atoms with Crippen LogP contribution in [0.2, 0.25) is 0 Å². The molecule has 1 aliphatic heterocycles. The average molecular weight is 286 g/mol. The second-order valence-corrected chi connectivity index (χ2v) is 5.32. The molecule has 1 fully saturated rings. The van der Waals surface area contributed by atoms with E-state index in [0.717, 1.165) is 17.5 Å². The number of carboxylic acids is 1. The molecule has 1 aliphatic rings. The summed E-state index contributed by atoms with van der Waals surface area (Å²) in [6, 6.07) is 8.06. The van der Waals surface area contributed by atoms with Crippen molar-refractivity contribution in [3.63, 3.8) is 0 Å². The van der Waals surface area contributed by atoms with E-state index in [0.29, 0.717) is 19.8 Å². The largest absolute Gasteiger partial charge is 0.481 e. The number of carboxylic acid groups (broad SMARTS) is 1. The maximum absolute atomic E-state index is 11.0. The predicted molar refractivity (Wildman–Crippen MR) is 79.0 cm³/mol. The Morgan fingerprint density at radius 1 is 1.38 bits per heavy atom. The first kappa shape index (κ1) is 14.0. The van der Waals surface area contributed by atoms with Gasteiger partial charge in [-0.25, -0.2) is 0 Å². The summed E-state index contributed by atoms with van der Waals surface area (Å²) in [5, 5.41) is 11.3. The number of pyridine rings is 1. The molecule has 0 amide bonds. The van der Waals surface area contributed by atoms with Crippen LogP contribution in [0.15, 0.2) is 36.7 Å². The van der Waals surface area contributed by atoms with Crippen molar-refractivity contribution in [2.45, 2.75) is 19.0 Å². The number of aromatic nitrogens is 1. The molecule has 0 bridgehead atoms. The lowest BCUT2D eigenvalue weighted by Gasteiger charge is -2.34. The van der Waals surface area contributed by atoms with Crippen LogP contribution in [0, 0.1) is 0 Å². The van der Waals surface area contributed by atoms with E-state index in [1.54, 1.807) is 0 Å². The lowest BCUT2D eigenvalue weighted by Crippen LogP contribution is -2.45. The Balaban J connectivity index is 1.84. The third kappa shape index (κ3) is 3.20. The van der Waals surface area contributed by atoms with Crippen LogP contribution in [0.1, 0.15) is 12.0 Å². The molecule has 2 aromatic rings. The molecule has 0 spiro atoms. The zero-order chi connectivity index (χ0) is 14.7. The summed E-state index contributed by atoms with van der Waals surface area (Å²) in [5.41, 5.74) is 1.13. The second-order valence-electron chi connectivity index (χ2n) is 5.32. The highest BCUT2D eigenvalue weighted by atomic mass is 16.5. The number of morpholine rings is 1. The van der Waals surface area contributed by atoms with Gasteiger partial charge in [-0.15, -0.1) is 0 Å². The molecule has 5 heteroatoms.